The summed E-state index contributed by atoms with van der Waals surface area (Å²) in [6, 6.07) is 15.9. The average Bonchev–Trinajstić information content (AvgIpc) is 3.40. The fraction of sp³-hybridized carbons (Fsp3) is 0.231. The first-order valence-electron chi connectivity index (χ1n) is 11.0. The lowest BCUT2D eigenvalue weighted by atomic mass is 10.1. The number of aromatic nitrogens is 2. The van der Waals surface area contributed by atoms with Gasteiger partial charge < -0.3 is 28.1 Å². The predicted molar refractivity (Wildman–Crippen MR) is 130 cm³/mol. The molecule has 0 unspecified atom stereocenters. The van der Waals surface area contributed by atoms with E-state index in [-0.39, 0.29) is 18.3 Å². The molecule has 0 amide bonds. The fourth-order valence-corrected chi connectivity index (χ4v) is 4.62. The van der Waals surface area contributed by atoms with Crippen molar-refractivity contribution in [1.29, 1.82) is 0 Å². The highest BCUT2D eigenvalue weighted by atomic mass is 32.2. The van der Waals surface area contributed by atoms with Gasteiger partial charge in [0.1, 0.15) is 11.6 Å². The molecule has 1 aliphatic heterocycles. The van der Waals surface area contributed by atoms with Gasteiger partial charge in [0.15, 0.2) is 11.5 Å². The van der Waals surface area contributed by atoms with Crippen LogP contribution in [0.3, 0.4) is 0 Å². The Morgan fingerprint density at radius 2 is 1.72 bits per heavy atom. The molecule has 10 heteroatoms. The quantitative estimate of drug-likeness (QED) is 0.273. The Morgan fingerprint density at radius 1 is 0.972 bits per heavy atom. The number of thioether (sulfide) groups is 1. The average molecular weight is 511 g/mol. The van der Waals surface area contributed by atoms with Gasteiger partial charge in [-0.25, -0.2) is 4.39 Å². The van der Waals surface area contributed by atoms with Gasteiger partial charge in [-0.1, -0.05) is 42.1 Å². The van der Waals surface area contributed by atoms with Crippen molar-refractivity contribution in [2.45, 2.75) is 23.9 Å². The van der Waals surface area contributed by atoms with Gasteiger partial charge >= 0.3 is 0 Å². The van der Waals surface area contributed by atoms with E-state index in [1.807, 2.05) is 30.3 Å². The lowest BCUT2D eigenvalue weighted by molar-refractivity contribution is -0.112. The maximum Gasteiger partial charge on any atom is 0.277 e. The van der Waals surface area contributed by atoms with E-state index in [1.54, 1.807) is 12.1 Å². The molecule has 186 valence electrons. The largest absolute Gasteiger partial charge is 0.493 e. The van der Waals surface area contributed by atoms with Crippen LogP contribution in [-0.4, -0.2) is 31.5 Å². The number of rotatable bonds is 8. The zero-order valence-electron chi connectivity index (χ0n) is 19.8. The molecule has 0 aliphatic carbocycles. The van der Waals surface area contributed by atoms with E-state index in [0.717, 1.165) is 5.56 Å². The molecule has 0 N–H and O–H groups in total. The highest BCUT2D eigenvalue weighted by Crippen LogP contribution is 2.42. The van der Waals surface area contributed by atoms with Gasteiger partial charge in [0, 0.05) is 28.0 Å². The van der Waals surface area contributed by atoms with Crippen molar-refractivity contribution >= 4 is 11.8 Å². The summed E-state index contributed by atoms with van der Waals surface area (Å²) in [5.41, 5.74) is 2.82. The summed E-state index contributed by atoms with van der Waals surface area (Å²) in [5, 5.41) is 8.60. The minimum absolute atomic E-state index is 0.246. The molecule has 2 heterocycles. The van der Waals surface area contributed by atoms with Crippen LogP contribution in [0.15, 0.2) is 64.2 Å². The minimum Gasteiger partial charge on any atom is -0.493 e. The van der Waals surface area contributed by atoms with Crippen LogP contribution in [0.1, 0.15) is 23.0 Å². The first kappa shape index (κ1) is 24.0. The maximum atomic E-state index is 14.3. The van der Waals surface area contributed by atoms with Crippen molar-refractivity contribution in [1.82, 2.24) is 10.2 Å². The third kappa shape index (κ3) is 4.82. The topological polar surface area (TPSA) is 85.1 Å². The number of benzene rings is 3. The molecule has 1 aromatic heterocycles. The van der Waals surface area contributed by atoms with Crippen molar-refractivity contribution in [2.24, 2.45) is 0 Å². The third-order valence-electron chi connectivity index (χ3n) is 5.56. The number of ether oxygens (including phenoxy) is 5. The molecule has 0 bridgehead atoms. The number of fused-ring (bicyclic) bond motifs is 1. The van der Waals surface area contributed by atoms with Gasteiger partial charge in [0.05, 0.1) is 27.9 Å². The standard InChI is InChI=1S/C26H23FN2O6S/c1-30-20-11-16(12-21(31-2)23(20)32-3)24-28-29-26(35-24)36-14-18-10-19(27)9-17-13-33-25(34-22(17)18)15-7-5-4-6-8-15/h4-12,25H,13-14H2,1-3H3/t25-/m0/s1. The van der Waals surface area contributed by atoms with Crippen LogP contribution >= 0.6 is 11.8 Å². The Bertz CT molecular complexity index is 1340. The number of nitrogens with zero attached hydrogens (tertiary/aromatic N) is 2. The van der Waals surface area contributed by atoms with Gasteiger partial charge in [-0.05, 0) is 24.3 Å². The molecular weight excluding hydrogens is 487 g/mol. The van der Waals surface area contributed by atoms with E-state index in [2.05, 4.69) is 10.2 Å². The minimum atomic E-state index is -0.567. The van der Waals surface area contributed by atoms with Crippen LogP contribution in [0, 0.1) is 5.82 Å². The SMILES string of the molecule is COc1cc(-c2nnc(SCc3cc(F)cc4c3O[C@@H](c3ccccc3)OC4)o2)cc(OC)c1OC. The molecular formula is C26H23FN2O6S. The lowest BCUT2D eigenvalue weighted by Crippen LogP contribution is -2.19. The van der Waals surface area contributed by atoms with Crippen molar-refractivity contribution in [3.8, 4) is 34.5 Å². The van der Waals surface area contributed by atoms with Gasteiger partial charge in [-0.15, -0.1) is 10.2 Å². The highest BCUT2D eigenvalue weighted by Gasteiger charge is 2.26. The maximum absolute atomic E-state index is 14.3. The van der Waals surface area contributed by atoms with Gasteiger partial charge in [-0.2, -0.15) is 0 Å². The van der Waals surface area contributed by atoms with Gasteiger partial charge in [-0.3, -0.25) is 0 Å². The summed E-state index contributed by atoms with van der Waals surface area (Å²) in [6.45, 7) is 0.246. The van der Waals surface area contributed by atoms with Gasteiger partial charge in [0.25, 0.3) is 5.22 Å². The van der Waals surface area contributed by atoms with E-state index < -0.39 is 6.29 Å². The van der Waals surface area contributed by atoms with Crippen LogP contribution in [0.25, 0.3) is 11.5 Å². The Labute approximate surface area is 211 Å². The van der Waals surface area contributed by atoms with Crippen LogP contribution < -0.4 is 18.9 Å². The van der Waals surface area contributed by atoms with Crippen molar-refractivity contribution in [2.75, 3.05) is 21.3 Å². The molecule has 0 radical (unpaired) electrons. The van der Waals surface area contributed by atoms with Crippen molar-refractivity contribution in [3.05, 3.63) is 77.1 Å². The summed E-state index contributed by atoms with van der Waals surface area (Å²) in [7, 11) is 4.60. The van der Waals surface area contributed by atoms with Crippen LogP contribution in [-0.2, 0) is 17.1 Å². The second-order valence-electron chi connectivity index (χ2n) is 7.80. The lowest BCUT2D eigenvalue weighted by Gasteiger charge is -2.28. The van der Waals surface area contributed by atoms with Crippen molar-refractivity contribution in [3.63, 3.8) is 0 Å². The summed E-state index contributed by atoms with van der Waals surface area (Å²) in [4.78, 5) is 0. The van der Waals surface area contributed by atoms with Crippen LogP contribution in [0.2, 0.25) is 0 Å². The molecule has 4 aromatic rings. The van der Waals surface area contributed by atoms with Crippen LogP contribution in [0.4, 0.5) is 4.39 Å². The molecule has 3 aromatic carbocycles. The second kappa shape index (κ2) is 10.5. The number of halogens is 1. The zero-order chi connectivity index (χ0) is 25.1. The Morgan fingerprint density at radius 3 is 2.42 bits per heavy atom. The first-order chi connectivity index (χ1) is 17.6. The molecule has 1 atom stereocenters. The molecule has 8 nitrogen and oxygen atoms in total. The third-order valence-corrected chi connectivity index (χ3v) is 6.43. The second-order valence-corrected chi connectivity index (χ2v) is 8.73. The van der Waals surface area contributed by atoms with E-state index in [1.165, 1.54) is 45.2 Å². The number of methoxy groups -OCH3 is 3. The number of hydrogen-bond acceptors (Lipinski definition) is 9. The summed E-state index contributed by atoms with van der Waals surface area (Å²) < 4.78 is 48.3. The number of hydrogen-bond donors (Lipinski definition) is 0. The van der Waals surface area contributed by atoms with E-state index >= 15 is 0 Å². The first-order valence-corrected chi connectivity index (χ1v) is 12.0. The normalized spacial score (nSPS) is 14.6. The van der Waals surface area contributed by atoms with Crippen molar-refractivity contribution < 1.29 is 32.5 Å². The molecule has 0 spiro atoms. The molecule has 0 saturated heterocycles. The van der Waals surface area contributed by atoms with Crippen LogP contribution in [0.5, 0.6) is 23.0 Å². The summed E-state index contributed by atoms with van der Waals surface area (Å²) in [5.74, 6) is 2.29. The van der Waals surface area contributed by atoms with E-state index in [0.29, 0.717) is 50.7 Å². The van der Waals surface area contributed by atoms with E-state index in [4.69, 9.17) is 28.1 Å². The Hall–Kier alpha value is -3.76. The smallest absolute Gasteiger partial charge is 0.277 e. The highest BCUT2D eigenvalue weighted by molar-refractivity contribution is 7.98. The van der Waals surface area contributed by atoms with Gasteiger partial charge in [0.2, 0.25) is 17.9 Å². The monoisotopic (exact) mass is 510 g/mol. The molecule has 5 rings (SSSR count). The molecule has 1 aliphatic rings. The Balaban J connectivity index is 1.36. The van der Waals surface area contributed by atoms with E-state index in [9.17, 15) is 4.39 Å². The molecule has 36 heavy (non-hydrogen) atoms. The molecule has 0 saturated carbocycles. The summed E-state index contributed by atoms with van der Waals surface area (Å²) >= 11 is 1.28. The summed E-state index contributed by atoms with van der Waals surface area (Å²) in [6.07, 6.45) is -0.567. The fourth-order valence-electron chi connectivity index (χ4n) is 3.89. The predicted octanol–water partition coefficient (Wildman–Crippen LogP) is 5.80. The Kier molecular flexibility index (Phi) is 6.97. The zero-order valence-corrected chi connectivity index (χ0v) is 20.6. The molecule has 0 fully saturated rings.